The summed E-state index contributed by atoms with van der Waals surface area (Å²) in [7, 11) is 0. The fourth-order valence-corrected chi connectivity index (χ4v) is 13.2. The summed E-state index contributed by atoms with van der Waals surface area (Å²) in [5.41, 5.74) is 1.37. The molecule has 7 heterocycles. The molecule has 5 aliphatic heterocycles. The lowest BCUT2D eigenvalue weighted by Gasteiger charge is -2.54. The Bertz CT molecular complexity index is 2900. The van der Waals surface area contributed by atoms with Gasteiger partial charge in [0.15, 0.2) is 5.82 Å². The number of nitrogens with one attached hydrogen (secondary N) is 2. The number of anilines is 2. The number of hydrogen-bond donors (Lipinski definition) is 3. The number of amides is 2. The first-order valence-electron chi connectivity index (χ1n) is 25.8. The van der Waals surface area contributed by atoms with Crippen molar-refractivity contribution in [2.24, 2.45) is 16.7 Å². The fourth-order valence-electron chi connectivity index (χ4n) is 13.2. The number of nitrogens with zero attached hydrogens (tertiary/aromatic N) is 7. The maximum Gasteiger partial charge on any atom is 0.319 e. The summed E-state index contributed by atoms with van der Waals surface area (Å²) in [6.07, 6.45) is 11.1. The SMILES string of the molecule is CCc1c(F)ccc2cc(O)cc(-c3ncc4c(N5CC6CCC(C5)N6)nc(OCC5(CN6CCC7(CC6)CC(CN6CCN(c8cc(F)c(C9CCC(=O)NC9=O)c(F)c8)CC6)C7)CC5)nc4c3F)c12. The molecule has 3 unspecified atom stereocenters. The molecule has 7 aliphatic rings. The molecule has 7 fully saturated rings. The van der Waals surface area contributed by atoms with Gasteiger partial charge in [0.1, 0.15) is 40.2 Å². The predicted molar refractivity (Wildman–Crippen MR) is 262 cm³/mol. The van der Waals surface area contributed by atoms with Gasteiger partial charge in [0.25, 0.3) is 0 Å². The molecule has 13 nitrogen and oxygen atoms in total. The van der Waals surface area contributed by atoms with E-state index in [0.717, 1.165) is 78.0 Å². The molecule has 17 heteroatoms. The Kier molecular flexibility index (Phi) is 11.9. The average molecular weight is 976 g/mol. The number of carbonyl (C=O) groups excluding carboxylic acids is 2. The zero-order chi connectivity index (χ0) is 48.8. The lowest BCUT2D eigenvalue weighted by atomic mass is 9.57. The number of likely N-dealkylation sites (tertiary alicyclic amines) is 1. The molecule has 3 N–H and O–H groups in total. The van der Waals surface area contributed by atoms with Crippen LogP contribution in [0.15, 0.2) is 42.6 Å². The lowest BCUT2D eigenvalue weighted by Crippen LogP contribution is -2.53. The van der Waals surface area contributed by atoms with E-state index in [1.165, 1.54) is 49.9 Å². The molecule has 2 saturated carbocycles. The van der Waals surface area contributed by atoms with Crippen molar-refractivity contribution in [1.29, 1.82) is 0 Å². The molecule has 3 atom stereocenters. The number of pyridine rings is 1. The number of phenolic OH excluding ortho intramolecular Hbond substituents is 1. The van der Waals surface area contributed by atoms with Crippen LogP contribution in [0.4, 0.5) is 29.1 Å². The number of carbonyl (C=O) groups is 2. The summed E-state index contributed by atoms with van der Waals surface area (Å²) in [5, 5.41) is 18.2. The van der Waals surface area contributed by atoms with Gasteiger partial charge in [-0.1, -0.05) is 13.0 Å². The minimum absolute atomic E-state index is 0.0148. The van der Waals surface area contributed by atoms with Crippen LogP contribution in [0.25, 0.3) is 32.9 Å². The van der Waals surface area contributed by atoms with Crippen LogP contribution < -0.4 is 25.2 Å². The number of benzene rings is 3. The van der Waals surface area contributed by atoms with E-state index in [1.807, 2.05) is 11.8 Å². The monoisotopic (exact) mass is 975 g/mol. The molecule has 2 aliphatic carbocycles. The number of ether oxygens (including phenoxy) is 1. The second kappa shape index (κ2) is 18.1. The van der Waals surface area contributed by atoms with Crippen molar-refractivity contribution >= 4 is 45.0 Å². The molecular weight excluding hydrogens is 915 g/mol. The maximum atomic E-state index is 17.2. The number of aryl methyl sites for hydroxylation is 1. The number of aromatic hydroxyl groups is 1. The first-order valence-corrected chi connectivity index (χ1v) is 25.8. The topological polar surface area (TPSA) is 139 Å². The van der Waals surface area contributed by atoms with E-state index in [0.29, 0.717) is 88.3 Å². The van der Waals surface area contributed by atoms with Crippen molar-refractivity contribution in [3.8, 4) is 23.0 Å². The largest absolute Gasteiger partial charge is 0.508 e. The van der Waals surface area contributed by atoms with Gasteiger partial charge in [0, 0.05) is 99.3 Å². The Labute approximate surface area is 410 Å². The number of hydrogen-bond acceptors (Lipinski definition) is 12. The second-order valence-electron chi connectivity index (χ2n) is 22.0. The van der Waals surface area contributed by atoms with E-state index in [-0.39, 0.29) is 46.8 Å². The van der Waals surface area contributed by atoms with Crippen LogP contribution in [0, 0.1) is 40.0 Å². The van der Waals surface area contributed by atoms with Gasteiger partial charge < -0.3 is 29.9 Å². The van der Waals surface area contributed by atoms with E-state index < -0.39 is 41.0 Å². The Morgan fingerprint density at radius 3 is 2.25 bits per heavy atom. The third kappa shape index (κ3) is 8.83. The smallest absolute Gasteiger partial charge is 0.319 e. The number of phenols is 1. The van der Waals surface area contributed by atoms with Crippen LogP contribution in [0.3, 0.4) is 0 Å². The molecule has 3 aromatic carbocycles. The zero-order valence-electron chi connectivity index (χ0n) is 40.2. The first-order chi connectivity index (χ1) is 34.3. The number of piperidine rings is 2. The van der Waals surface area contributed by atoms with Gasteiger partial charge in [0.05, 0.1) is 17.9 Å². The number of aromatic nitrogens is 3. The van der Waals surface area contributed by atoms with E-state index in [4.69, 9.17) is 14.7 Å². The van der Waals surface area contributed by atoms with Gasteiger partial charge >= 0.3 is 6.01 Å². The first kappa shape index (κ1) is 46.4. The van der Waals surface area contributed by atoms with Crippen LogP contribution in [0.2, 0.25) is 0 Å². The molecule has 71 heavy (non-hydrogen) atoms. The molecule has 5 saturated heterocycles. The highest BCUT2D eigenvalue weighted by Gasteiger charge is 2.50. The summed E-state index contributed by atoms with van der Waals surface area (Å²) in [6.45, 7) is 10.7. The summed E-state index contributed by atoms with van der Waals surface area (Å²) in [5.74, 6) is -3.47. The summed E-state index contributed by atoms with van der Waals surface area (Å²) in [6, 6.07) is 9.38. The lowest BCUT2D eigenvalue weighted by molar-refractivity contribution is -0.134. The summed E-state index contributed by atoms with van der Waals surface area (Å²) in [4.78, 5) is 47.6. The highest BCUT2D eigenvalue weighted by Crippen LogP contribution is 2.54. The molecular formula is C54H61F4N9O4. The van der Waals surface area contributed by atoms with Crippen LogP contribution >= 0.6 is 0 Å². The van der Waals surface area contributed by atoms with Crippen molar-refractivity contribution in [2.45, 2.75) is 95.6 Å². The second-order valence-corrected chi connectivity index (χ2v) is 22.0. The van der Waals surface area contributed by atoms with Gasteiger partial charge in [-0.2, -0.15) is 9.97 Å². The predicted octanol–water partition coefficient (Wildman–Crippen LogP) is 7.60. The summed E-state index contributed by atoms with van der Waals surface area (Å²) < 4.78 is 69.5. The van der Waals surface area contributed by atoms with Crippen molar-refractivity contribution in [1.82, 2.24) is 35.4 Å². The molecule has 2 aromatic heterocycles. The molecule has 12 rings (SSSR count). The van der Waals surface area contributed by atoms with E-state index >= 15 is 17.6 Å². The highest BCUT2D eigenvalue weighted by atomic mass is 19.1. The Morgan fingerprint density at radius 2 is 1.56 bits per heavy atom. The van der Waals surface area contributed by atoms with Crippen LogP contribution in [-0.4, -0.2) is 126 Å². The highest BCUT2D eigenvalue weighted by molar-refractivity contribution is 6.02. The Morgan fingerprint density at radius 1 is 0.831 bits per heavy atom. The number of piperazine rings is 2. The fraction of sp³-hybridized carbons (Fsp3) is 0.537. The van der Waals surface area contributed by atoms with Crippen LogP contribution in [-0.2, 0) is 16.0 Å². The zero-order valence-corrected chi connectivity index (χ0v) is 40.2. The molecule has 2 bridgehead atoms. The van der Waals surface area contributed by atoms with Crippen molar-refractivity contribution < 1.29 is 37.0 Å². The summed E-state index contributed by atoms with van der Waals surface area (Å²) >= 11 is 0. The maximum absolute atomic E-state index is 17.2. The third-order valence-electron chi connectivity index (χ3n) is 17.2. The standard InChI is InChI=1S/C54H61F4N9O4/c1-2-37-41(55)7-3-32-19-36(68)22-39(45(32)37)48-47(58)49-40(25-59-48)50(67-27-33-4-5-34(28-67)60-33)63-52(62-49)71-30-54(9-10-54)29-65-13-11-53(12-14-65)23-31(24-53)26-64-15-17-66(18-16-64)35-20-42(56)46(43(57)21-35)38-6-8-44(69)61-51(38)70/h3,7,19-22,25,31,33-34,38,60,68H,2,4-6,8-18,23-24,26-30H2,1H3,(H,61,69,70). The molecule has 0 radical (unpaired) electrons. The third-order valence-corrected chi connectivity index (χ3v) is 17.2. The molecule has 2 amide bonds. The van der Waals surface area contributed by atoms with Crippen molar-refractivity contribution in [3.63, 3.8) is 0 Å². The molecule has 1 spiro atoms. The minimum Gasteiger partial charge on any atom is -0.508 e. The quantitative estimate of drug-likeness (QED) is 0.0839. The number of halogens is 4. The van der Waals surface area contributed by atoms with Crippen molar-refractivity contribution in [3.05, 3.63) is 77.0 Å². The van der Waals surface area contributed by atoms with Gasteiger partial charge in [-0.3, -0.25) is 24.8 Å². The van der Waals surface area contributed by atoms with Gasteiger partial charge in [-0.15, -0.1) is 0 Å². The van der Waals surface area contributed by atoms with E-state index in [2.05, 4.69) is 30.3 Å². The minimum atomic E-state index is -1.01. The Balaban J connectivity index is 0.673. The number of imide groups is 1. The van der Waals surface area contributed by atoms with Gasteiger partial charge in [0.2, 0.25) is 11.8 Å². The van der Waals surface area contributed by atoms with E-state index in [9.17, 15) is 14.7 Å². The van der Waals surface area contributed by atoms with Crippen LogP contribution in [0.1, 0.15) is 88.2 Å². The van der Waals surface area contributed by atoms with Gasteiger partial charge in [-0.25, -0.2) is 17.6 Å². The molecule has 374 valence electrons. The normalized spacial score (nSPS) is 24.5. The van der Waals surface area contributed by atoms with Crippen molar-refractivity contribution in [2.75, 3.05) is 81.9 Å². The Hall–Kier alpha value is -5.65. The number of fused-ring (bicyclic) bond motifs is 4. The average Bonchev–Trinajstić information content (AvgIpc) is 4.03. The number of rotatable bonds is 12. The van der Waals surface area contributed by atoms with E-state index in [1.54, 1.807) is 18.3 Å². The molecule has 5 aromatic rings. The van der Waals surface area contributed by atoms with Gasteiger partial charge in [-0.05, 0) is 135 Å². The van der Waals surface area contributed by atoms with Crippen LogP contribution in [0.5, 0.6) is 11.8 Å².